The first kappa shape index (κ1) is 22.8. The third-order valence-electron chi connectivity index (χ3n) is 5.05. The van der Waals surface area contributed by atoms with Crippen LogP contribution in [-0.4, -0.2) is 46.9 Å². The number of hydrogen-bond acceptors (Lipinski definition) is 5. The number of thioether (sulfide) groups is 1. The molecule has 0 fully saturated rings. The van der Waals surface area contributed by atoms with E-state index < -0.39 is 12.3 Å². The van der Waals surface area contributed by atoms with Crippen molar-refractivity contribution in [3.05, 3.63) is 54.1 Å². The molecule has 2 aliphatic rings. The smallest absolute Gasteiger partial charge is 0.387 e. The van der Waals surface area contributed by atoms with E-state index >= 15 is 0 Å². The Balaban J connectivity index is 0.00000256. The molecule has 9 heteroatoms. The molecular weight excluding hydrogens is 478 g/mol. The number of anilines is 1. The van der Waals surface area contributed by atoms with Crippen molar-refractivity contribution in [3.8, 4) is 11.5 Å². The summed E-state index contributed by atoms with van der Waals surface area (Å²) in [6, 6.07) is 14.0. The zero-order valence-electron chi connectivity index (χ0n) is 16.4. The second-order valence-electron chi connectivity index (χ2n) is 6.87. The molecule has 2 aromatic carbocycles. The van der Waals surface area contributed by atoms with Crippen molar-refractivity contribution in [2.45, 2.75) is 25.7 Å². The summed E-state index contributed by atoms with van der Waals surface area (Å²) in [7, 11) is 0. The van der Waals surface area contributed by atoms with Crippen molar-refractivity contribution < 1.29 is 44.9 Å². The van der Waals surface area contributed by atoms with Gasteiger partial charge in [-0.1, -0.05) is 0 Å². The molecule has 4 rings (SSSR count). The summed E-state index contributed by atoms with van der Waals surface area (Å²) in [5, 5.41) is 12.6. The predicted octanol–water partition coefficient (Wildman–Crippen LogP) is 0.861. The number of amidine groups is 1. The van der Waals surface area contributed by atoms with Crippen molar-refractivity contribution in [2.24, 2.45) is 0 Å². The molecule has 2 heterocycles. The highest BCUT2D eigenvalue weighted by molar-refractivity contribution is 8.13. The molecule has 0 saturated carbocycles. The molecule has 30 heavy (non-hydrogen) atoms. The van der Waals surface area contributed by atoms with Gasteiger partial charge in [-0.2, -0.15) is 8.78 Å². The van der Waals surface area contributed by atoms with Gasteiger partial charge in [0.15, 0.2) is 6.54 Å². The Bertz CT molecular complexity index is 896. The highest BCUT2D eigenvalue weighted by atomic mass is 79.9. The molecule has 5 nitrogen and oxygen atoms in total. The van der Waals surface area contributed by atoms with Crippen LogP contribution in [0.15, 0.2) is 48.5 Å². The van der Waals surface area contributed by atoms with Crippen LogP contribution < -0.4 is 31.4 Å². The van der Waals surface area contributed by atoms with Crippen LogP contribution in [0.1, 0.15) is 18.9 Å². The van der Waals surface area contributed by atoms with E-state index in [4.69, 9.17) is 4.74 Å². The number of aliphatic hydroxyl groups is 1. The summed E-state index contributed by atoms with van der Waals surface area (Å²) in [4.78, 5) is 2.10. The van der Waals surface area contributed by atoms with Crippen LogP contribution in [0.5, 0.6) is 11.5 Å². The Morgan fingerprint density at radius 2 is 1.80 bits per heavy atom. The zero-order valence-corrected chi connectivity index (χ0v) is 18.8. The molecule has 1 unspecified atom stereocenters. The molecule has 0 aromatic heterocycles. The van der Waals surface area contributed by atoms with Crippen LogP contribution in [0.3, 0.4) is 0 Å². The van der Waals surface area contributed by atoms with Crippen LogP contribution in [0.4, 0.5) is 14.5 Å². The molecule has 0 saturated heterocycles. The Morgan fingerprint density at radius 1 is 1.13 bits per heavy atom. The van der Waals surface area contributed by atoms with Gasteiger partial charge in [0.1, 0.15) is 17.2 Å². The molecule has 1 N–H and O–H groups in total. The molecule has 162 valence electrons. The van der Waals surface area contributed by atoms with Gasteiger partial charge in [-0.3, -0.25) is 0 Å². The lowest BCUT2D eigenvalue weighted by Crippen LogP contribution is -3.00. The van der Waals surface area contributed by atoms with E-state index in [1.54, 1.807) is 23.9 Å². The monoisotopic (exact) mass is 500 g/mol. The van der Waals surface area contributed by atoms with Gasteiger partial charge in [-0.15, -0.1) is 0 Å². The highest BCUT2D eigenvalue weighted by Gasteiger charge is 2.53. The first-order valence-corrected chi connectivity index (χ1v) is 10.6. The maximum absolute atomic E-state index is 12.4. The third kappa shape index (κ3) is 4.43. The fourth-order valence-electron chi connectivity index (χ4n) is 3.74. The average molecular weight is 501 g/mol. The summed E-state index contributed by atoms with van der Waals surface area (Å²) < 4.78 is 36.8. The Hall–Kier alpha value is -1.84. The number of rotatable bonds is 6. The quantitative estimate of drug-likeness (QED) is 0.596. The zero-order chi connectivity index (χ0) is 20.4. The number of halogens is 3. The van der Waals surface area contributed by atoms with Gasteiger partial charge in [-0.05, 0) is 73.6 Å². The number of β-amino-alcohol motifs (C(OH)–C–C–N with tert-alkyl or cyclic N) is 1. The summed E-state index contributed by atoms with van der Waals surface area (Å²) in [5.41, 5.74) is 0.369. The normalized spacial score (nSPS) is 20.8. The van der Waals surface area contributed by atoms with Gasteiger partial charge in [0, 0.05) is 11.3 Å². The lowest BCUT2D eigenvalue weighted by molar-refractivity contribution is -0.656. The number of ether oxygens (including phenoxy) is 2. The summed E-state index contributed by atoms with van der Waals surface area (Å²) >= 11 is 1.71. The van der Waals surface area contributed by atoms with E-state index in [1.165, 1.54) is 12.1 Å². The Kier molecular flexibility index (Phi) is 7.26. The molecule has 2 aliphatic heterocycles. The van der Waals surface area contributed by atoms with Crippen LogP contribution >= 0.6 is 11.8 Å². The van der Waals surface area contributed by atoms with E-state index in [-0.39, 0.29) is 22.7 Å². The molecule has 0 bridgehead atoms. The molecule has 1 atom stereocenters. The minimum Gasteiger partial charge on any atom is -1.00 e. The fraction of sp³-hybridized carbons (Fsp3) is 0.381. The van der Waals surface area contributed by atoms with E-state index in [1.807, 2.05) is 35.8 Å². The van der Waals surface area contributed by atoms with Gasteiger partial charge in [0.2, 0.25) is 0 Å². The lowest BCUT2D eigenvalue weighted by atomic mass is 10.0. The predicted molar refractivity (Wildman–Crippen MR) is 109 cm³/mol. The van der Waals surface area contributed by atoms with E-state index in [2.05, 4.69) is 9.64 Å². The number of hydrogen-bond donors (Lipinski definition) is 1. The number of nitrogens with zero attached hydrogens (tertiary/aromatic N) is 2. The van der Waals surface area contributed by atoms with Crippen LogP contribution in [-0.2, 0) is 5.72 Å². The molecule has 2 aromatic rings. The first-order valence-electron chi connectivity index (χ1n) is 9.57. The molecule has 0 radical (unpaired) electrons. The molecule has 0 spiro atoms. The standard InChI is InChI=1S/C21H23F2N2O3S.BrH/c1-2-27-17-10-6-16(7-11-17)24-14-21(26,25-12-3-13-29-20(24)25)15-4-8-18(9-5-15)28-19(22)23;/h4-11,19,26H,2-3,12-14H2,1H3;1H/q+1;/p-1. The van der Waals surface area contributed by atoms with Gasteiger partial charge >= 0.3 is 11.8 Å². The second-order valence-corrected chi connectivity index (χ2v) is 7.93. The van der Waals surface area contributed by atoms with Gasteiger partial charge in [0.25, 0.3) is 5.72 Å². The lowest BCUT2D eigenvalue weighted by Gasteiger charge is -2.24. The van der Waals surface area contributed by atoms with Crippen molar-refractivity contribution in [1.29, 1.82) is 0 Å². The third-order valence-corrected chi connectivity index (χ3v) is 6.24. The molecular formula is C21H23BrF2N2O3S. The summed E-state index contributed by atoms with van der Waals surface area (Å²) in [5.74, 6) is 1.86. The van der Waals surface area contributed by atoms with Crippen LogP contribution in [0.25, 0.3) is 0 Å². The van der Waals surface area contributed by atoms with Gasteiger partial charge < -0.3 is 31.6 Å². The average Bonchev–Trinajstić information content (AvgIpc) is 3.03. The largest absolute Gasteiger partial charge is 1.00 e. The summed E-state index contributed by atoms with van der Waals surface area (Å²) in [6.07, 6.45) is 0.959. The first-order chi connectivity index (χ1) is 14.0. The molecule has 0 aliphatic carbocycles. The second kappa shape index (κ2) is 9.53. The SMILES string of the molecule is CCOc1ccc(N2CC(O)(c3ccc(OC(F)F)cc3)[N+]3=C2SCCC3)cc1.[Br-]. The van der Waals surface area contributed by atoms with Crippen molar-refractivity contribution >= 4 is 22.6 Å². The van der Waals surface area contributed by atoms with E-state index in [9.17, 15) is 13.9 Å². The number of benzene rings is 2. The van der Waals surface area contributed by atoms with Crippen molar-refractivity contribution in [2.75, 3.05) is 30.3 Å². The topological polar surface area (TPSA) is 44.9 Å². The van der Waals surface area contributed by atoms with Crippen molar-refractivity contribution in [3.63, 3.8) is 0 Å². The van der Waals surface area contributed by atoms with Gasteiger partial charge in [-0.25, -0.2) is 9.48 Å². The fourth-order valence-corrected chi connectivity index (χ4v) is 4.92. The Labute approximate surface area is 189 Å². The Morgan fingerprint density at radius 3 is 2.43 bits per heavy atom. The maximum Gasteiger partial charge on any atom is 0.387 e. The van der Waals surface area contributed by atoms with Crippen LogP contribution in [0, 0.1) is 0 Å². The van der Waals surface area contributed by atoms with E-state index in [0.29, 0.717) is 18.7 Å². The minimum absolute atomic E-state index is 0. The van der Waals surface area contributed by atoms with Gasteiger partial charge in [0.05, 0.1) is 13.2 Å². The number of alkyl halides is 2. The highest BCUT2D eigenvalue weighted by Crippen LogP contribution is 2.38. The minimum atomic E-state index is -2.87. The van der Waals surface area contributed by atoms with Crippen molar-refractivity contribution in [1.82, 2.24) is 0 Å². The summed E-state index contributed by atoms with van der Waals surface area (Å²) in [6.45, 7) is 0.747. The maximum atomic E-state index is 12.4. The van der Waals surface area contributed by atoms with E-state index in [0.717, 1.165) is 35.3 Å². The van der Waals surface area contributed by atoms with Crippen LogP contribution in [0.2, 0.25) is 0 Å². The molecule has 0 amide bonds.